The van der Waals surface area contributed by atoms with Crippen LogP contribution in [0.5, 0.6) is 0 Å². The number of carbonyl (C=O) groups excluding carboxylic acids is 1. The van der Waals surface area contributed by atoms with Crippen LogP contribution in [0, 0.1) is 5.92 Å². The predicted molar refractivity (Wildman–Crippen MR) is 63.3 cm³/mol. The zero-order valence-corrected chi connectivity index (χ0v) is 10.5. The molecule has 1 heterocycles. The second-order valence-electron chi connectivity index (χ2n) is 4.63. The highest BCUT2D eigenvalue weighted by Gasteiger charge is 2.40. The Labute approximate surface area is 96.7 Å². The van der Waals surface area contributed by atoms with Crippen molar-refractivity contribution in [3.8, 4) is 0 Å². The molecule has 1 atom stereocenters. The van der Waals surface area contributed by atoms with Crippen LogP contribution < -0.4 is 10.6 Å². The molecule has 16 heavy (non-hydrogen) atoms. The summed E-state index contributed by atoms with van der Waals surface area (Å²) < 4.78 is 5.29. The summed E-state index contributed by atoms with van der Waals surface area (Å²) in [5.74, 6) is 0.953. The van der Waals surface area contributed by atoms with E-state index < -0.39 is 5.54 Å². The Morgan fingerprint density at radius 2 is 2.19 bits per heavy atom. The number of guanidine groups is 1. The fourth-order valence-corrected chi connectivity index (χ4v) is 1.36. The van der Waals surface area contributed by atoms with Gasteiger partial charge in [0.1, 0.15) is 5.54 Å². The molecule has 0 saturated carbocycles. The highest BCUT2D eigenvalue weighted by atomic mass is 16.5. The number of carbonyl (C=O) groups is 1. The molecule has 1 aliphatic rings. The first-order valence-electron chi connectivity index (χ1n) is 5.69. The van der Waals surface area contributed by atoms with Gasteiger partial charge in [0, 0.05) is 13.2 Å². The maximum Gasteiger partial charge on any atom is 0.254 e. The molecule has 5 heteroatoms. The minimum atomic E-state index is -0.689. The molecule has 0 aliphatic carbocycles. The minimum Gasteiger partial charge on any atom is -0.379 e. The van der Waals surface area contributed by atoms with Gasteiger partial charge in [0.2, 0.25) is 0 Å². The van der Waals surface area contributed by atoms with E-state index in [2.05, 4.69) is 29.5 Å². The molecule has 1 amide bonds. The Morgan fingerprint density at radius 3 is 2.75 bits per heavy atom. The smallest absolute Gasteiger partial charge is 0.254 e. The lowest BCUT2D eigenvalue weighted by atomic mass is 10.1. The third-order valence-electron chi connectivity index (χ3n) is 2.34. The van der Waals surface area contributed by atoms with Gasteiger partial charge in [-0.25, -0.2) is 0 Å². The van der Waals surface area contributed by atoms with E-state index in [1.54, 1.807) is 0 Å². The summed E-state index contributed by atoms with van der Waals surface area (Å²) in [5, 5.41) is 5.80. The fraction of sp³-hybridized carbons (Fsp3) is 0.818. The summed E-state index contributed by atoms with van der Waals surface area (Å²) in [6.45, 7) is 9.55. The minimum absolute atomic E-state index is 0.0801. The van der Waals surface area contributed by atoms with Crippen LogP contribution >= 0.6 is 0 Å². The lowest BCUT2D eigenvalue weighted by Crippen LogP contribution is -2.48. The van der Waals surface area contributed by atoms with E-state index in [1.165, 1.54) is 0 Å². The summed E-state index contributed by atoms with van der Waals surface area (Å²) in [6.07, 6.45) is 0. The molecule has 1 saturated heterocycles. The SMILES string of the molecule is CCOCC1(C)NC(=NCC(C)C)NC1=O. The molecule has 0 radical (unpaired) electrons. The summed E-state index contributed by atoms with van der Waals surface area (Å²) >= 11 is 0. The number of nitrogens with zero attached hydrogens (tertiary/aromatic N) is 1. The molecular weight excluding hydrogens is 206 g/mol. The molecule has 0 aromatic rings. The highest BCUT2D eigenvalue weighted by molar-refractivity contribution is 6.08. The molecule has 1 unspecified atom stereocenters. The first-order chi connectivity index (χ1) is 7.48. The number of hydrogen-bond acceptors (Lipinski definition) is 3. The standard InChI is InChI=1S/C11H21N3O2/c1-5-16-7-11(4)9(15)13-10(14-11)12-6-8(2)3/h8H,5-7H2,1-4H3,(H2,12,13,14,15). The van der Waals surface area contributed by atoms with Gasteiger partial charge >= 0.3 is 0 Å². The van der Waals surface area contributed by atoms with Crippen molar-refractivity contribution in [1.82, 2.24) is 10.6 Å². The summed E-state index contributed by atoms with van der Waals surface area (Å²) in [4.78, 5) is 16.0. The van der Waals surface area contributed by atoms with Crippen LogP contribution in [0.4, 0.5) is 0 Å². The fourth-order valence-electron chi connectivity index (χ4n) is 1.36. The number of ether oxygens (including phenoxy) is 1. The molecule has 0 aromatic heterocycles. The van der Waals surface area contributed by atoms with Crippen LogP contribution in [0.15, 0.2) is 4.99 Å². The Kier molecular flexibility index (Phi) is 4.29. The summed E-state index contributed by atoms with van der Waals surface area (Å²) in [7, 11) is 0. The van der Waals surface area contributed by atoms with E-state index in [1.807, 2.05) is 13.8 Å². The maximum atomic E-state index is 11.7. The van der Waals surface area contributed by atoms with Crippen LogP contribution in [0.2, 0.25) is 0 Å². The highest BCUT2D eigenvalue weighted by Crippen LogP contribution is 2.10. The molecular formula is C11H21N3O2. The maximum absolute atomic E-state index is 11.7. The lowest BCUT2D eigenvalue weighted by Gasteiger charge is -2.20. The first kappa shape index (κ1) is 13.0. The van der Waals surface area contributed by atoms with Crippen LogP contribution in [0.1, 0.15) is 27.7 Å². The van der Waals surface area contributed by atoms with E-state index in [-0.39, 0.29) is 5.91 Å². The average Bonchev–Trinajstić information content (AvgIpc) is 2.50. The monoisotopic (exact) mass is 227 g/mol. The van der Waals surface area contributed by atoms with Gasteiger partial charge in [0.25, 0.3) is 5.91 Å². The van der Waals surface area contributed by atoms with Crippen molar-refractivity contribution in [1.29, 1.82) is 0 Å². The Morgan fingerprint density at radius 1 is 1.50 bits per heavy atom. The van der Waals surface area contributed by atoms with Gasteiger partial charge in [-0.2, -0.15) is 0 Å². The molecule has 1 rings (SSSR count). The van der Waals surface area contributed by atoms with Gasteiger partial charge in [-0.15, -0.1) is 0 Å². The largest absolute Gasteiger partial charge is 0.379 e. The van der Waals surface area contributed by atoms with Crippen molar-refractivity contribution in [3.63, 3.8) is 0 Å². The van der Waals surface area contributed by atoms with Gasteiger partial charge in [0.05, 0.1) is 6.61 Å². The van der Waals surface area contributed by atoms with Gasteiger partial charge in [-0.1, -0.05) is 13.8 Å². The third kappa shape index (κ3) is 3.20. The van der Waals surface area contributed by atoms with Crippen LogP contribution in [-0.4, -0.2) is 37.2 Å². The van der Waals surface area contributed by atoms with Gasteiger partial charge in [-0.05, 0) is 19.8 Å². The Hall–Kier alpha value is -1.10. The first-order valence-corrected chi connectivity index (χ1v) is 5.69. The molecule has 92 valence electrons. The quantitative estimate of drug-likeness (QED) is 0.719. The zero-order valence-electron chi connectivity index (χ0n) is 10.5. The van der Waals surface area contributed by atoms with Crippen molar-refractivity contribution >= 4 is 11.9 Å². The van der Waals surface area contributed by atoms with Crippen molar-refractivity contribution in [3.05, 3.63) is 0 Å². The Balaban J connectivity index is 2.58. The number of nitrogens with one attached hydrogen (secondary N) is 2. The number of rotatable bonds is 5. The van der Waals surface area contributed by atoms with E-state index in [4.69, 9.17) is 4.74 Å². The van der Waals surface area contributed by atoms with Crippen LogP contribution in [-0.2, 0) is 9.53 Å². The molecule has 5 nitrogen and oxygen atoms in total. The van der Waals surface area contributed by atoms with Gasteiger partial charge in [-0.3, -0.25) is 15.1 Å². The average molecular weight is 227 g/mol. The topological polar surface area (TPSA) is 62.7 Å². The van der Waals surface area contributed by atoms with Crippen molar-refractivity contribution in [2.24, 2.45) is 10.9 Å². The second kappa shape index (κ2) is 5.30. The Bertz CT molecular complexity index is 289. The van der Waals surface area contributed by atoms with Crippen LogP contribution in [0.25, 0.3) is 0 Å². The van der Waals surface area contributed by atoms with E-state index in [9.17, 15) is 4.79 Å². The number of amides is 1. The summed E-state index contributed by atoms with van der Waals surface area (Å²) in [5.41, 5.74) is -0.689. The number of hydrogen-bond donors (Lipinski definition) is 2. The molecule has 0 bridgehead atoms. The molecule has 0 spiro atoms. The van der Waals surface area contributed by atoms with Crippen molar-refractivity contribution in [2.75, 3.05) is 19.8 Å². The summed E-state index contributed by atoms with van der Waals surface area (Å²) in [6, 6.07) is 0. The van der Waals surface area contributed by atoms with E-state index in [0.29, 0.717) is 31.6 Å². The van der Waals surface area contributed by atoms with Crippen molar-refractivity contribution in [2.45, 2.75) is 33.2 Å². The molecule has 1 aliphatic heterocycles. The normalized spacial score (nSPS) is 27.3. The zero-order chi connectivity index (χ0) is 12.2. The van der Waals surface area contributed by atoms with Gasteiger partial charge < -0.3 is 10.1 Å². The number of aliphatic imine (C=N–C) groups is 1. The molecule has 2 N–H and O–H groups in total. The molecule has 1 fully saturated rings. The molecule has 0 aromatic carbocycles. The van der Waals surface area contributed by atoms with E-state index >= 15 is 0 Å². The predicted octanol–water partition coefficient (Wildman–Crippen LogP) is 0.513. The van der Waals surface area contributed by atoms with Gasteiger partial charge in [0.15, 0.2) is 5.96 Å². The third-order valence-corrected chi connectivity index (χ3v) is 2.34. The van der Waals surface area contributed by atoms with Crippen molar-refractivity contribution < 1.29 is 9.53 Å². The lowest BCUT2D eigenvalue weighted by molar-refractivity contribution is -0.125. The second-order valence-corrected chi connectivity index (χ2v) is 4.63. The van der Waals surface area contributed by atoms with E-state index in [0.717, 1.165) is 0 Å². The van der Waals surface area contributed by atoms with Crippen LogP contribution in [0.3, 0.4) is 0 Å².